The van der Waals surface area contributed by atoms with Crippen molar-refractivity contribution in [3.63, 3.8) is 0 Å². The van der Waals surface area contributed by atoms with Gasteiger partial charge < -0.3 is 14.9 Å². The second-order valence-electron chi connectivity index (χ2n) is 4.72. The standard InChI is InChI=1S/C14H16ClN3OS/c15-11-1-3-12(4-2-11)17-5-7-18(8-6-17)14-16-9-13(10-19)20-14/h1-4,9,19H,5-8,10H2. The quantitative estimate of drug-likeness (QED) is 0.946. The Morgan fingerprint density at radius 3 is 2.35 bits per heavy atom. The fraction of sp³-hybridized carbons (Fsp3) is 0.357. The van der Waals surface area contributed by atoms with E-state index in [9.17, 15) is 0 Å². The van der Waals surface area contributed by atoms with Crippen LogP contribution in [0, 0.1) is 0 Å². The number of aromatic nitrogens is 1. The van der Waals surface area contributed by atoms with Crippen molar-refractivity contribution in [1.82, 2.24) is 4.98 Å². The van der Waals surface area contributed by atoms with Crippen LogP contribution >= 0.6 is 22.9 Å². The molecule has 3 rings (SSSR count). The summed E-state index contributed by atoms with van der Waals surface area (Å²) in [6.45, 7) is 3.90. The molecule has 1 fully saturated rings. The molecular weight excluding hydrogens is 294 g/mol. The highest BCUT2D eigenvalue weighted by atomic mass is 35.5. The van der Waals surface area contributed by atoms with Gasteiger partial charge in [-0.05, 0) is 24.3 Å². The van der Waals surface area contributed by atoms with Gasteiger partial charge in [-0.1, -0.05) is 22.9 Å². The maximum atomic E-state index is 9.10. The van der Waals surface area contributed by atoms with Gasteiger partial charge in [0.05, 0.1) is 11.5 Å². The summed E-state index contributed by atoms with van der Waals surface area (Å²) in [7, 11) is 0. The third-order valence-electron chi connectivity index (χ3n) is 3.44. The largest absolute Gasteiger partial charge is 0.391 e. The molecule has 0 radical (unpaired) electrons. The van der Waals surface area contributed by atoms with Crippen molar-refractivity contribution in [2.75, 3.05) is 36.0 Å². The molecule has 6 heteroatoms. The number of piperazine rings is 1. The zero-order chi connectivity index (χ0) is 13.9. The number of rotatable bonds is 3. The summed E-state index contributed by atoms with van der Waals surface area (Å²) in [5.74, 6) is 0. The van der Waals surface area contributed by atoms with Crippen molar-refractivity contribution in [3.05, 3.63) is 40.4 Å². The summed E-state index contributed by atoms with van der Waals surface area (Å²) in [5.41, 5.74) is 1.21. The molecule has 0 bridgehead atoms. The third kappa shape index (κ3) is 2.90. The van der Waals surface area contributed by atoms with E-state index in [1.807, 2.05) is 12.1 Å². The van der Waals surface area contributed by atoms with Crippen molar-refractivity contribution in [3.8, 4) is 0 Å². The number of anilines is 2. The molecule has 1 saturated heterocycles. The minimum absolute atomic E-state index is 0.0718. The Kier molecular flexibility index (Phi) is 4.10. The van der Waals surface area contributed by atoms with Crippen LogP contribution in [0.1, 0.15) is 4.88 Å². The second-order valence-corrected chi connectivity index (χ2v) is 6.25. The lowest BCUT2D eigenvalue weighted by Crippen LogP contribution is -2.46. The molecule has 1 aliphatic rings. The van der Waals surface area contributed by atoms with E-state index in [-0.39, 0.29) is 6.61 Å². The first-order valence-corrected chi connectivity index (χ1v) is 7.77. The highest BCUT2D eigenvalue weighted by Gasteiger charge is 2.19. The number of aliphatic hydroxyl groups excluding tert-OH is 1. The van der Waals surface area contributed by atoms with Crippen LogP contribution in [0.25, 0.3) is 0 Å². The van der Waals surface area contributed by atoms with Gasteiger partial charge in [0.15, 0.2) is 5.13 Å². The number of hydrogen-bond acceptors (Lipinski definition) is 5. The first-order valence-electron chi connectivity index (χ1n) is 6.57. The van der Waals surface area contributed by atoms with Crippen LogP contribution in [0.4, 0.5) is 10.8 Å². The monoisotopic (exact) mass is 309 g/mol. The average molecular weight is 310 g/mol. The summed E-state index contributed by atoms with van der Waals surface area (Å²) in [6.07, 6.45) is 1.76. The molecule has 0 saturated carbocycles. The number of halogens is 1. The molecule has 1 N–H and O–H groups in total. The van der Waals surface area contributed by atoms with Crippen LogP contribution in [-0.2, 0) is 6.61 Å². The Balaban J connectivity index is 1.63. The van der Waals surface area contributed by atoms with Crippen molar-refractivity contribution < 1.29 is 5.11 Å². The molecule has 20 heavy (non-hydrogen) atoms. The second kappa shape index (κ2) is 5.99. The SMILES string of the molecule is OCc1cnc(N2CCN(c3ccc(Cl)cc3)CC2)s1. The predicted molar refractivity (Wildman–Crippen MR) is 83.9 cm³/mol. The van der Waals surface area contributed by atoms with E-state index < -0.39 is 0 Å². The van der Waals surface area contributed by atoms with Crippen molar-refractivity contribution in [2.45, 2.75) is 6.61 Å². The molecule has 0 aliphatic carbocycles. The maximum Gasteiger partial charge on any atom is 0.185 e. The lowest BCUT2D eigenvalue weighted by molar-refractivity contribution is 0.285. The summed E-state index contributed by atoms with van der Waals surface area (Å²) in [6, 6.07) is 7.98. The van der Waals surface area contributed by atoms with Gasteiger partial charge in [0.1, 0.15) is 0 Å². The molecule has 2 aromatic rings. The summed E-state index contributed by atoms with van der Waals surface area (Å²) < 4.78 is 0. The van der Waals surface area contributed by atoms with Gasteiger partial charge in [-0.2, -0.15) is 0 Å². The Bertz CT molecular complexity index is 564. The Hall–Kier alpha value is -1.30. The maximum absolute atomic E-state index is 9.10. The first kappa shape index (κ1) is 13.7. The van der Waals surface area contributed by atoms with Crippen LogP contribution in [0.3, 0.4) is 0 Å². The molecule has 0 unspecified atom stereocenters. The molecule has 0 atom stereocenters. The molecule has 106 valence electrons. The van der Waals surface area contributed by atoms with Gasteiger partial charge in [0.2, 0.25) is 0 Å². The molecular formula is C14H16ClN3OS. The normalized spacial score (nSPS) is 15.7. The Morgan fingerprint density at radius 1 is 1.10 bits per heavy atom. The summed E-state index contributed by atoms with van der Waals surface area (Å²) in [5, 5.41) is 10.9. The van der Waals surface area contributed by atoms with Gasteiger partial charge in [-0.3, -0.25) is 0 Å². The molecule has 2 heterocycles. The molecule has 1 aromatic carbocycles. The number of benzene rings is 1. The van der Waals surface area contributed by atoms with Crippen LogP contribution in [0.15, 0.2) is 30.5 Å². The van der Waals surface area contributed by atoms with Crippen molar-refractivity contribution in [2.24, 2.45) is 0 Å². The number of aliphatic hydroxyl groups is 1. The van der Waals surface area contributed by atoms with E-state index in [0.717, 1.165) is 41.2 Å². The molecule has 0 amide bonds. The van der Waals surface area contributed by atoms with Gasteiger partial charge in [-0.25, -0.2) is 4.98 Å². The first-order chi connectivity index (χ1) is 9.76. The zero-order valence-electron chi connectivity index (χ0n) is 11.0. The van der Waals surface area contributed by atoms with Gasteiger partial charge in [0, 0.05) is 43.1 Å². The fourth-order valence-electron chi connectivity index (χ4n) is 2.32. The molecule has 1 aliphatic heterocycles. The lowest BCUT2D eigenvalue weighted by Gasteiger charge is -2.36. The fourth-order valence-corrected chi connectivity index (χ4v) is 3.27. The minimum Gasteiger partial charge on any atom is -0.391 e. The highest BCUT2D eigenvalue weighted by molar-refractivity contribution is 7.15. The van der Waals surface area contributed by atoms with Crippen molar-refractivity contribution in [1.29, 1.82) is 0 Å². The van der Waals surface area contributed by atoms with Crippen LogP contribution < -0.4 is 9.80 Å². The van der Waals surface area contributed by atoms with Gasteiger partial charge in [-0.15, -0.1) is 0 Å². The van der Waals surface area contributed by atoms with Crippen LogP contribution in [0.5, 0.6) is 0 Å². The van der Waals surface area contributed by atoms with E-state index in [2.05, 4.69) is 26.9 Å². The van der Waals surface area contributed by atoms with E-state index in [0.29, 0.717) is 0 Å². The lowest BCUT2D eigenvalue weighted by atomic mass is 10.2. The van der Waals surface area contributed by atoms with E-state index in [1.165, 1.54) is 5.69 Å². The van der Waals surface area contributed by atoms with E-state index >= 15 is 0 Å². The Labute approximate surface area is 127 Å². The highest BCUT2D eigenvalue weighted by Crippen LogP contribution is 2.25. The summed E-state index contributed by atoms with van der Waals surface area (Å²) in [4.78, 5) is 9.91. The number of hydrogen-bond donors (Lipinski definition) is 1. The average Bonchev–Trinajstić information content (AvgIpc) is 2.97. The number of thiazole rings is 1. The van der Waals surface area contributed by atoms with Gasteiger partial charge >= 0.3 is 0 Å². The van der Waals surface area contributed by atoms with Crippen molar-refractivity contribution >= 4 is 33.8 Å². The van der Waals surface area contributed by atoms with Crippen LogP contribution in [-0.4, -0.2) is 36.3 Å². The zero-order valence-corrected chi connectivity index (χ0v) is 12.6. The smallest absolute Gasteiger partial charge is 0.185 e. The summed E-state index contributed by atoms with van der Waals surface area (Å²) >= 11 is 7.48. The molecule has 1 aromatic heterocycles. The number of nitrogens with zero attached hydrogens (tertiary/aromatic N) is 3. The van der Waals surface area contributed by atoms with E-state index in [4.69, 9.17) is 16.7 Å². The topological polar surface area (TPSA) is 39.6 Å². The molecule has 0 spiro atoms. The predicted octanol–water partition coefficient (Wildman–Crippen LogP) is 2.62. The third-order valence-corrected chi connectivity index (χ3v) is 4.73. The van der Waals surface area contributed by atoms with Crippen LogP contribution in [0.2, 0.25) is 5.02 Å². The minimum atomic E-state index is 0.0718. The van der Waals surface area contributed by atoms with Gasteiger partial charge in [0.25, 0.3) is 0 Å². The molecule has 4 nitrogen and oxygen atoms in total. The van der Waals surface area contributed by atoms with E-state index in [1.54, 1.807) is 17.5 Å². The Morgan fingerprint density at radius 2 is 1.75 bits per heavy atom.